The number of amides is 2. The molecule has 4 rings (SSSR count). The number of ether oxygens (including phenoxy) is 1. The van der Waals surface area contributed by atoms with Crippen LogP contribution >= 0.6 is 0 Å². The maximum atomic E-state index is 12.2. The van der Waals surface area contributed by atoms with Crippen LogP contribution in [-0.2, 0) is 22.6 Å². The summed E-state index contributed by atoms with van der Waals surface area (Å²) in [6, 6.07) is 22.0. The molecular weight excluding hydrogens is 376 g/mol. The summed E-state index contributed by atoms with van der Waals surface area (Å²) < 4.78 is 5.61. The summed E-state index contributed by atoms with van der Waals surface area (Å²) in [6.07, 6.45) is 1.16. The van der Waals surface area contributed by atoms with E-state index >= 15 is 0 Å². The van der Waals surface area contributed by atoms with Crippen molar-refractivity contribution in [1.29, 1.82) is 0 Å². The normalized spacial score (nSPS) is 12.6. The standard InChI is InChI=1S/C25H24N2O3/c1-17-3-2-4-20(13-17)19-7-5-18(6-8-19)15-26-25(29)16-30-22-10-11-23-21(14-22)9-12-24(28)27-23/h2-8,10-11,13-14H,9,12,15-16H2,1H3,(H,26,29)(H,27,28). The van der Waals surface area contributed by atoms with Crippen molar-refractivity contribution in [3.05, 3.63) is 83.4 Å². The van der Waals surface area contributed by atoms with Crippen molar-refractivity contribution in [2.75, 3.05) is 11.9 Å². The maximum Gasteiger partial charge on any atom is 0.258 e. The van der Waals surface area contributed by atoms with E-state index in [9.17, 15) is 9.59 Å². The van der Waals surface area contributed by atoms with Crippen LogP contribution in [0.15, 0.2) is 66.7 Å². The van der Waals surface area contributed by atoms with Crippen LogP contribution in [-0.4, -0.2) is 18.4 Å². The Balaban J connectivity index is 1.27. The number of nitrogens with one attached hydrogen (secondary N) is 2. The van der Waals surface area contributed by atoms with Crippen molar-refractivity contribution < 1.29 is 14.3 Å². The van der Waals surface area contributed by atoms with Crippen molar-refractivity contribution in [2.24, 2.45) is 0 Å². The zero-order chi connectivity index (χ0) is 20.9. The zero-order valence-corrected chi connectivity index (χ0v) is 16.9. The fraction of sp³-hybridized carbons (Fsp3) is 0.200. The molecule has 1 heterocycles. The number of rotatable bonds is 6. The highest BCUT2D eigenvalue weighted by Gasteiger charge is 2.15. The monoisotopic (exact) mass is 400 g/mol. The molecule has 0 unspecified atom stereocenters. The molecule has 0 radical (unpaired) electrons. The third-order valence-corrected chi connectivity index (χ3v) is 5.14. The lowest BCUT2D eigenvalue weighted by molar-refractivity contribution is -0.123. The molecule has 3 aromatic rings. The molecule has 0 spiro atoms. The van der Waals surface area contributed by atoms with E-state index in [-0.39, 0.29) is 18.4 Å². The molecule has 0 aromatic heterocycles. The first-order chi connectivity index (χ1) is 14.6. The summed E-state index contributed by atoms with van der Waals surface area (Å²) >= 11 is 0. The molecule has 3 aromatic carbocycles. The van der Waals surface area contributed by atoms with Crippen LogP contribution in [0.25, 0.3) is 11.1 Å². The highest BCUT2D eigenvalue weighted by Crippen LogP contribution is 2.26. The quantitative estimate of drug-likeness (QED) is 0.650. The second-order valence-electron chi connectivity index (χ2n) is 7.50. The first-order valence-corrected chi connectivity index (χ1v) is 10.0. The Labute approximate surface area is 176 Å². The lowest BCUT2D eigenvalue weighted by Gasteiger charge is -2.17. The number of anilines is 1. The minimum atomic E-state index is -0.177. The predicted molar refractivity (Wildman–Crippen MR) is 117 cm³/mol. The number of aryl methyl sites for hydroxylation is 2. The first-order valence-electron chi connectivity index (χ1n) is 10.0. The molecule has 0 atom stereocenters. The van der Waals surface area contributed by atoms with Crippen LogP contribution < -0.4 is 15.4 Å². The smallest absolute Gasteiger partial charge is 0.258 e. The van der Waals surface area contributed by atoms with Gasteiger partial charge in [0.05, 0.1) is 0 Å². The molecule has 0 bridgehead atoms. The SMILES string of the molecule is Cc1cccc(-c2ccc(CNC(=O)COc3ccc4c(c3)CCC(=O)N4)cc2)c1. The predicted octanol–water partition coefficient (Wildman–Crippen LogP) is 4.24. The van der Waals surface area contributed by atoms with Crippen LogP contribution in [0.5, 0.6) is 5.75 Å². The highest BCUT2D eigenvalue weighted by molar-refractivity contribution is 5.94. The first kappa shape index (κ1) is 19.7. The van der Waals surface area contributed by atoms with Crippen molar-refractivity contribution in [3.63, 3.8) is 0 Å². The lowest BCUT2D eigenvalue weighted by Crippen LogP contribution is -2.28. The third kappa shape index (κ3) is 4.87. The van der Waals surface area contributed by atoms with E-state index in [1.807, 2.05) is 24.3 Å². The fourth-order valence-corrected chi connectivity index (χ4v) is 3.49. The van der Waals surface area contributed by atoms with E-state index in [1.165, 1.54) is 11.1 Å². The number of benzene rings is 3. The van der Waals surface area contributed by atoms with Gasteiger partial charge >= 0.3 is 0 Å². The summed E-state index contributed by atoms with van der Waals surface area (Å²) in [6.45, 7) is 2.48. The second kappa shape index (κ2) is 8.82. The van der Waals surface area contributed by atoms with E-state index in [0.29, 0.717) is 25.1 Å². The van der Waals surface area contributed by atoms with Gasteiger partial charge in [-0.15, -0.1) is 0 Å². The molecule has 0 aliphatic carbocycles. The van der Waals surface area contributed by atoms with Crippen LogP contribution in [0.2, 0.25) is 0 Å². The largest absolute Gasteiger partial charge is 0.484 e. The van der Waals surface area contributed by atoms with E-state index in [0.717, 1.165) is 22.4 Å². The van der Waals surface area contributed by atoms with Crippen LogP contribution in [0, 0.1) is 6.92 Å². The second-order valence-corrected chi connectivity index (χ2v) is 7.50. The summed E-state index contributed by atoms with van der Waals surface area (Å²) in [5, 5.41) is 5.72. The van der Waals surface area contributed by atoms with Crippen LogP contribution in [0.4, 0.5) is 5.69 Å². The van der Waals surface area contributed by atoms with Gasteiger partial charge in [0.2, 0.25) is 5.91 Å². The number of fused-ring (bicyclic) bond motifs is 1. The van der Waals surface area contributed by atoms with E-state index < -0.39 is 0 Å². The summed E-state index contributed by atoms with van der Waals surface area (Å²) in [5.74, 6) is 0.480. The number of hydrogen-bond acceptors (Lipinski definition) is 3. The Morgan fingerprint density at radius 2 is 1.83 bits per heavy atom. The molecule has 30 heavy (non-hydrogen) atoms. The summed E-state index contributed by atoms with van der Waals surface area (Å²) in [5.41, 5.74) is 6.44. The van der Waals surface area contributed by atoms with Gasteiger partial charge in [-0.25, -0.2) is 0 Å². The topological polar surface area (TPSA) is 67.4 Å². The fourth-order valence-electron chi connectivity index (χ4n) is 3.49. The molecule has 1 aliphatic heterocycles. The molecule has 0 saturated carbocycles. The van der Waals surface area contributed by atoms with Crippen molar-refractivity contribution >= 4 is 17.5 Å². The summed E-state index contributed by atoms with van der Waals surface area (Å²) in [7, 11) is 0. The third-order valence-electron chi connectivity index (χ3n) is 5.14. The molecular formula is C25H24N2O3. The zero-order valence-electron chi connectivity index (χ0n) is 16.9. The van der Waals surface area contributed by atoms with E-state index in [4.69, 9.17) is 4.74 Å². The van der Waals surface area contributed by atoms with Gasteiger partial charge in [0, 0.05) is 18.7 Å². The van der Waals surface area contributed by atoms with Gasteiger partial charge in [-0.2, -0.15) is 0 Å². The van der Waals surface area contributed by atoms with Gasteiger partial charge < -0.3 is 15.4 Å². The molecule has 1 aliphatic rings. The molecule has 5 heteroatoms. The van der Waals surface area contributed by atoms with Crippen molar-refractivity contribution in [1.82, 2.24) is 5.32 Å². The molecule has 2 N–H and O–H groups in total. The van der Waals surface area contributed by atoms with Gasteiger partial charge in [-0.05, 0) is 53.8 Å². The van der Waals surface area contributed by atoms with Crippen LogP contribution in [0.1, 0.15) is 23.1 Å². The number of carbonyl (C=O) groups excluding carboxylic acids is 2. The van der Waals surface area contributed by atoms with E-state index in [2.05, 4.69) is 54.0 Å². The number of carbonyl (C=O) groups is 2. The Hall–Kier alpha value is -3.60. The Morgan fingerprint density at radius 1 is 1.00 bits per heavy atom. The molecule has 2 amide bonds. The maximum absolute atomic E-state index is 12.2. The van der Waals surface area contributed by atoms with Gasteiger partial charge in [-0.3, -0.25) is 9.59 Å². The molecule has 0 saturated heterocycles. The van der Waals surface area contributed by atoms with Gasteiger partial charge in [0.15, 0.2) is 6.61 Å². The van der Waals surface area contributed by atoms with Gasteiger partial charge in [-0.1, -0.05) is 54.1 Å². The highest BCUT2D eigenvalue weighted by atomic mass is 16.5. The minimum absolute atomic E-state index is 0.0301. The van der Waals surface area contributed by atoms with Crippen LogP contribution in [0.3, 0.4) is 0 Å². The lowest BCUT2D eigenvalue weighted by atomic mass is 10.0. The van der Waals surface area contributed by atoms with E-state index in [1.54, 1.807) is 6.07 Å². The minimum Gasteiger partial charge on any atom is -0.484 e. The van der Waals surface area contributed by atoms with Crippen molar-refractivity contribution in [3.8, 4) is 16.9 Å². The average Bonchev–Trinajstić information content (AvgIpc) is 2.76. The summed E-state index contributed by atoms with van der Waals surface area (Å²) in [4.78, 5) is 23.6. The molecule has 5 nitrogen and oxygen atoms in total. The molecule has 152 valence electrons. The Kier molecular flexibility index (Phi) is 5.80. The molecule has 0 fully saturated rings. The Bertz CT molecular complexity index is 1070. The number of hydrogen-bond donors (Lipinski definition) is 2. The van der Waals surface area contributed by atoms with Crippen molar-refractivity contribution in [2.45, 2.75) is 26.3 Å². The average molecular weight is 400 g/mol. The van der Waals surface area contributed by atoms with Gasteiger partial charge in [0.1, 0.15) is 5.75 Å². The van der Waals surface area contributed by atoms with Gasteiger partial charge in [0.25, 0.3) is 5.91 Å². The Morgan fingerprint density at radius 3 is 2.63 bits per heavy atom.